The molecule has 0 aromatic rings. The maximum atomic E-state index is 11.0. The van der Waals surface area contributed by atoms with Gasteiger partial charge in [-0.2, -0.15) is 0 Å². The van der Waals surface area contributed by atoms with Crippen molar-refractivity contribution in [2.75, 3.05) is 26.2 Å². The summed E-state index contributed by atoms with van der Waals surface area (Å²) in [6.07, 6.45) is 0. The van der Waals surface area contributed by atoms with Crippen LogP contribution in [0.2, 0.25) is 0 Å². The Morgan fingerprint density at radius 2 is 1.58 bits per heavy atom. The summed E-state index contributed by atoms with van der Waals surface area (Å²) in [7, 11) is -3.66. The number of nitrogens with zero attached hydrogens (tertiary/aromatic N) is 1. The molecule has 6 nitrogen and oxygen atoms in total. The van der Waals surface area contributed by atoms with Gasteiger partial charge in [-0.3, -0.25) is 0 Å². The summed E-state index contributed by atoms with van der Waals surface area (Å²) in [4.78, 5) is 0. The van der Waals surface area contributed by atoms with Crippen molar-refractivity contribution in [2.24, 2.45) is 0 Å². The Kier molecular flexibility index (Phi) is 3.63. The van der Waals surface area contributed by atoms with E-state index in [1.54, 1.807) is 0 Å². The predicted octanol–water partition coefficient (Wildman–Crippen LogP) is -1.62. The van der Waals surface area contributed by atoms with Gasteiger partial charge >= 0.3 is 0 Å². The Hall–Kier alpha value is -0.180. The average Bonchev–Trinajstić information content (AvgIpc) is 1.85. The quantitative estimate of drug-likeness (QED) is 0.612. The second kappa shape index (κ2) is 3.69. The summed E-state index contributed by atoms with van der Waals surface area (Å²) >= 11 is 0. The Morgan fingerprint density at radius 3 is 1.83 bits per heavy atom. The van der Waals surface area contributed by atoms with Crippen molar-refractivity contribution in [3.63, 3.8) is 0 Å². The minimum Gasteiger partial charge on any atom is -0.217 e. The van der Waals surface area contributed by atoms with E-state index in [-0.39, 0.29) is 0 Å². The van der Waals surface area contributed by atoms with Crippen LogP contribution in [0.5, 0.6) is 0 Å². The maximum absolute atomic E-state index is 11.0. The molecule has 0 bridgehead atoms. The van der Waals surface area contributed by atoms with Crippen LogP contribution in [-0.2, 0) is 20.0 Å². The van der Waals surface area contributed by atoms with Crippen LogP contribution in [-0.4, -0.2) is 47.4 Å². The molecule has 0 unspecified atom stereocenters. The highest BCUT2D eigenvalue weighted by Gasteiger charge is 2.22. The van der Waals surface area contributed by atoms with Gasteiger partial charge in [0.15, 0.2) is 5.08 Å². The number of rotatable bonds is 4. The average molecular weight is 216 g/mol. The zero-order valence-electron chi connectivity index (χ0n) is 7.10. The highest BCUT2D eigenvalue weighted by molar-refractivity contribution is 8.06. The smallest absolute Gasteiger partial charge is 0.217 e. The van der Waals surface area contributed by atoms with Gasteiger partial charge in [-0.1, -0.05) is 0 Å². The van der Waals surface area contributed by atoms with Crippen LogP contribution in [0.15, 0.2) is 0 Å². The molecule has 0 heterocycles. The molecular formula is C4H12N2O4S2. The van der Waals surface area contributed by atoms with Gasteiger partial charge in [0.2, 0.25) is 20.0 Å². The zero-order chi connectivity index (χ0) is 9.99. The van der Waals surface area contributed by atoms with E-state index in [2.05, 4.69) is 0 Å². The van der Waals surface area contributed by atoms with Crippen LogP contribution in [0.1, 0.15) is 0 Å². The Morgan fingerprint density at radius 1 is 1.17 bits per heavy atom. The second-order valence-corrected chi connectivity index (χ2v) is 6.81. The standard InChI is InChI=1S/C4H12N2O4S2/c1-5-11(7,8)4-12(9,10)6(2)3/h5H,4H2,1-3H3. The molecule has 0 aliphatic rings. The van der Waals surface area contributed by atoms with Crippen molar-refractivity contribution in [1.29, 1.82) is 0 Å². The lowest BCUT2D eigenvalue weighted by molar-refractivity contribution is 0.523. The number of sulfonamides is 2. The molecule has 12 heavy (non-hydrogen) atoms. The van der Waals surface area contributed by atoms with E-state index in [0.717, 1.165) is 4.31 Å². The van der Waals surface area contributed by atoms with Crippen LogP contribution >= 0.6 is 0 Å². The molecule has 0 saturated heterocycles. The highest BCUT2D eigenvalue weighted by Crippen LogP contribution is 1.97. The van der Waals surface area contributed by atoms with Crippen LogP contribution in [0.25, 0.3) is 0 Å². The molecule has 0 spiro atoms. The third kappa shape index (κ3) is 3.48. The summed E-state index contributed by atoms with van der Waals surface area (Å²) in [5.74, 6) is 0. The van der Waals surface area contributed by atoms with Gasteiger partial charge in [0.05, 0.1) is 0 Å². The predicted molar refractivity (Wildman–Crippen MR) is 45.5 cm³/mol. The molecule has 0 radical (unpaired) electrons. The van der Waals surface area contributed by atoms with Crippen LogP contribution in [0.3, 0.4) is 0 Å². The van der Waals surface area contributed by atoms with Crippen molar-refractivity contribution in [2.45, 2.75) is 0 Å². The molecule has 0 atom stereocenters. The van der Waals surface area contributed by atoms with Gasteiger partial charge in [-0.25, -0.2) is 25.9 Å². The third-order valence-corrected chi connectivity index (χ3v) is 5.34. The van der Waals surface area contributed by atoms with Gasteiger partial charge in [0.25, 0.3) is 0 Å². The van der Waals surface area contributed by atoms with Crippen molar-refractivity contribution in [3.8, 4) is 0 Å². The first-order valence-electron chi connectivity index (χ1n) is 3.03. The largest absolute Gasteiger partial charge is 0.229 e. The van der Waals surface area contributed by atoms with Gasteiger partial charge in [0, 0.05) is 14.1 Å². The Balaban J connectivity index is 4.71. The lowest BCUT2D eigenvalue weighted by atomic mass is 11.3. The Labute approximate surface area is 72.7 Å². The van der Waals surface area contributed by atoms with Crippen LogP contribution < -0.4 is 4.72 Å². The van der Waals surface area contributed by atoms with E-state index >= 15 is 0 Å². The van der Waals surface area contributed by atoms with Crippen molar-refractivity contribution < 1.29 is 16.8 Å². The normalized spacial score (nSPS) is 13.7. The molecule has 8 heteroatoms. The number of nitrogens with one attached hydrogen (secondary N) is 1. The summed E-state index contributed by atoms with van der Waals surface area (Å²) in [6.45, 7) is 0. The number of hydrogen-bond donors (Lipinski definition) is 1. The van der Waals surface area contributed by atoms with Crippen molar-refractivity contribution in [1.82, 2.24) is 9.03 Å². The van der Waals surface area contributed by atoms with Crippen LogP contribution in [0.4, 0.5) is 0 Å². The zero-order valence-corrected chi connectivity index (χ0v) is 8.74. The van der Waals surface area contributed by atoms with Gasteiger partial charge < -0.3 is 0 Å². The highest BCUT2D eigenvalue weighted by atomic mass is 32.3. The molecule has 0 aromatic heterocycles. The second-order valence-electron chi connectivity index (χ2n) is 2.33. The molecule has 1 N–H and O–H groups in total. The summed E-state index contributed by atoms with van der Waals surface area (Å²) in [5, 5.41) is -0.913. The minimum absolute atomic E-state index is 0.863. The van der Waals surface area contributed by atoms with Gasteiger partial charge in [0.1, 0.15) is 0 Å². The first kappa shape index (κ1) is 11.8. The molecule has 0 fully saturated rings. The maximum Gasteiger partial charge on any atom is 0.229 e. The lowest BCUT2D eigenvalue weighted by Gasteiger charge is -2.10. The minimum atomic E-state index is -3.70. The first-order chi connectivity index (χ1) is 5.21. The molecule has 0 saturated carbocycles. The SMILES string of the molecule is CNS(=O)(=O)CS(=O)(=O)N(C)C. The van der Waals surface area contributed by atoms with Gasteiger partial charge in [-0.05, 0) is 7.05 Å². The van der Waals surface area contributed by atoms with E-state index < -0.39 is 25.1 Å². The molecule has 0 amide bonds. The van der Waals surface area contributed by atoms with Crippen molar-refractivity contribution in [3.05, 3.63) is 0 Å². The summed E-state index contributed by atoms with van der Waals surface area (Å²) < 4.78 is 46.4. The lowest BCUT2D eigenvalue weighted by Crippen LogP contribution is -2.33. The Bertz CT molecular complexity index is 328. The van der Waals surface area contributed by atoms with E-state index in [4.69, 9.17) is 0 Å². The van der Waals surface area contributed by atoms with Gasteiger partial charge in [-0.15, -0.1) is 0 Å². The fourth-order valence-corrected chi connectivity index (χ4v) is 3.24. The molecular weight excluding hydrogens is 204 g/mol. The topological polar surface area (TPSA) is 83.5 Å². The monoisotopic (exact) mass is 216 g/mol. The first-order valence-corrected chi connectivity index (χ1v) is 6.29. The fraction of sp³-hybridized carbons (Fsp3) is 1.00. The van der Waals surface area contributed by atoms with Crippen molar-refractivity contribution >= 4 is 20.0 Å². The molecule has 0 aliphatic carbocycles. The molecule has 0 rings (SSSR count). The van der Waals surface area contributed by atoms with E-state index in [9.17, 15) is 16.8 Å². The van der Waals surface area contributed by atoms with E-state index in [1.165, 1.54) is 21.1 Å². The summed E-state index contributed by atoms with van der Waals surface area (Å²) in [6, 6.07) is 0. The fourth-order valence-electron chi connectivity index (χ4n) is 0.360. The molecule has 74 valence electrons. The molecule has 0 aromatic carbocycles. The molecule has 0 aliphatic heterocycles. The number of hydrogen-bond acceptors (Lipinski definition) is 4. The third-order valence-electron chi connectivity index (χ3n) is 1.17. The summed E-state index contributed by atoms with van der Waals surface area (Å²) in [5.41, 5.74) is 0. The van der Waals surface area contributed by atoms with Crippen LogP contribution in [0, 0.1) is 0 Å². The van der Waals surface area contributed by atoms with E-state index in [1.807, 2.05) is 4.72 Å². The van der Waals surface area contributed by atoms with E-state index in [0.29, 0.717) is 0 Å².